The molecule has 0 aliphatic rings. The number of hydrogen-bond donors (Lipinski definition) is 3. The predicted octanol–water partition coefficient (Wildman–Crippen LogP) is 1.31. The molecule has 0 saturated heterocycles. The van der Waals surface area contributed by atoms with Gasteiger partial charge in [0.1, 0.15) is 5.75 Å². The molecule has 0 fully saturated rings. The van der Waals surface area contributed by atoms with Crippen molar-refractivity contribution < 1.29 is 13.2 Å². The molecular weight excluding hydrogens is 443 g/mol. The molecule has 0 bridgehead atoms. The largest absolute Gasteiger partial charge is 0.497 e. The number of hydrogen-bond acceptors (Lipinski definition) is 4. The molecule has 9 heteroatoms. The van der Waals surface area contributed by atoms with Crippen LogP contribution in [0.1, 0.15) is 19.4 Å². The molecule has 0 aromatic heterocycles. The number of halogens is 1. The van der Waals surface area contributed by atoms with Gasteiger partial charge in [-0.15, -0.1) is 24.0 Å². The number of rotatable bonds is 9. The Morgan fingerprint density at radius 3 is 2.33 bits per heavy atom. The van der Waals surface area contributed by atoms with Gasteiger partial charge in [-0.1, -0.05) is 12.1 Å². The third kappa shape index (κ3) is 9.28. The first-order valence-corrected chi connectivity index (χ1v) is 9.28. The summed E-state index contributed by atoms with van der Waals surface area (Å²) in [6.07, 6.45) is 0. The van der Waals surface area contributed by atoms with Crippen LogP contribution < -0.4 is 20.1 Å². The second-order valence-electron chi connectivity index (χ2n) is 4.77. The van der Waals surface area contributed by atoms with Gasteiger partial charge in [0.15, 0.2) is 5.96 Å². The minimum atomic E-state index is -3.15. The van der Waals surface area contributed by atoms with E-state index in [9.17, 15) is 8.42 Å². The average Bonchev–Trinajstić information content (AvgIpc) is 2.57. The maximum absolute atomic E-state index is 11.3. The maximum Gasteiger partial charge on any atom is 0.211 e. The van der Waals surface area contributed by atoms with Gasteiger partial charge in [0.25, 0.3) is 0 Å². The molecule has 0 saturated carbocycles. The fraction of sp³-hybridized carbons (Fsp3) is 0.533. The van der Waals surface area contributed by atoms with Crippen LogP contribution in [-0.2, 0) is 16.6 Å². The van der Waals surface area contributed by atoms with Crippen molar-refractivity contribution >= 4 is 40.0 Å². The lowest BCUT2D eigenvalue weighted by molar-refractivity contribution is 0.414. The summed E-state index contributed by atoms with van der Waals surface area (Å²) in [6.45, 7) is 5.63. The summed E-state index contributed by atoms with van der Waals surface area (Å²) < 4.78 is 30.3. The van der Waals surface area contributed by atoms with Crippen molar-refractivity contribution in [2.24, 2.45) is 4.99 Å². The highest BCUT2D eigenvalue weighted by Gasteiger charge is 2.05. The molecule has 7 nitrogen and oxygen atoms in total. The molecule has 0 aliphatic heterocycles. The second kappa shape index (κ2) is 12.3. The Bertz CT molecular complexity index is 591. The van der Waals surface area contributed by atoms with E-state index in [0.29, 0.717) is 25.6 Å². The molecule has 0 unspecified atom stereocenters. The number of ether oxygens (including phenoxy) is 1. The van der Waals surface area contributed by atoms with Crippen LogP contribution in [0.5, 0.6) is 5.75 Å². The van der Waals surface area contributed by atoms with E-state index in [2.05, 4.69) is 20.3 Å². The van der Waals surface area contributed by atoms with Gasteiger partial charge >= 0.3 is 0 Å². The first-order valence-electron chi connectivity index (χ1n) is 7.63. The van der Waals surface area contributed by atoms with E-state index >= 15 is 0 Å². The monoisotopic (exact) mass is 470 g/mol. The first-order chi connectivity index (χ1) is 11.0. The van der Waals surface area contributed by atoms with Gasteiger partial charge in [-0.05, 0) is 31.5 Å². The van der Waals surface area contributed by atoms with Crippen molar-refractivity contribution in [3.63, 3.8) is 0 Å². The van der Waals surface area contributed by atoms with Gasteiger partial charge in [-0.2, -0.15) is 0 Å². The highest BCUT2D eigenvalue weighted by atomic mass is 127. The molecule has 1 aromatic carbocycles. The number of guanidine groups is 1. The number of sulfonamides is 1. The van der Waals surface area contributed by atoms with Crippen molar-refractivity contribution in [2.75, 3.05) is 32.5 Å². The Balaban J connectivity index is 0.00000529. The minimum Gasteiger partial charge on any atom is -0.497 e. The van der Waals surface area contributed by atoms with Gasteiger partial charge in [-0.3, -0.25) is 0 Å². The predicted molar refractivity (Wildman–Crippen MR) is 109 cm³/mol. The van der Waals surface area contributed by atoms with Crippen molar-refractivity contribution in [3.8, 4) is 5.75 Å². The number of nitrogens with zero attached hydrogens (tertiary/aromatic N) is 1. The first kappa shape index (κ1) is 22.9. The van der Waals surface area contributed by atoms with Gasteiger partial charge < -0.3 is 15.4 Å². The Morgan fingerprint density at radius 1 is 1.12 bits per heavy atom. The Hall–Kier alpha value is -1.07. The van der Waals surface area contributed by atoms with E-state index in [1.165, 1.54) is 0 Å². The Kier molecular flexibility index (Phi) is 11.8. The van der Waals surface area contributed by atoms with Crippen LogP contribution in [0.4, 0.5) is 0 Å². The molecule has 138 valence electrons. The highest BCUT2D eigenvalue weighted by molar-refractivity contribution is 14.0. The maximum atomic E-state index is 11.3. The quantitative estimate of drug-likeness (QED) is 0.219. The third-order valence-corrected chi connectivity index (χ3v) is 4.45. The fourth-order valence-corrected chi connectivity index (χ4v) is 2.35. The van der Waals surface area contributed by atoms with Crippen molar-refractivity contribution in [1.29, 1.82) is 0 Å². The molecule has 0 aliphatic carbocycles. The Morgan fingerprint density at radius 2 is 1.79 bits per heavy atom. The second-order valence-corrected chi connectivity index (χ2v) is 6.86. The summed E-state index contributed by atoms with van der Waals surface area (Å²) in [4.78, 5) is 4.47. The molecular formula is C15H27IN4O3S. The molecule has 3 N–H and O–H groups in total. The van der Waals surface area contributed by atoms with E-state index in [-0.39, 0.29) is 29.7 Å². The minimum absolute atomic E-state index is 0. The van der Waals surface area contributed by atoms with E-state index in [4.69, 9.17) is 4.74 Å². The average molecular weight is 470 g/mol. The van der Waals surface area contributed by atoms with Crippen LogP contribution in [-0.4, -0.2) is 46.9 Å². The van der Waals surface area contributed by atoms with E-state index in [1.807, 2.05) is 31.2 Å². The number of nitrogens with one attached hydrogen (secondary N) is 3. The van der Waals surface area contributed by atoms with Crippen LogP contribution in [0, 0.1) is 0 Å². The third-order valence-electron chi connectivity index (χ3n) is 3.04. The number of aliphatic imine (C=N–C) groups is 1. The van der Waals surface area contributed by atoms with E-state index < -0.39 is 10.0 Å². The van der Waals surface area contributed by atoms with E-state index in [0.717, 1.165) is 17.9 Å². The van der Waals surface area contributed by atoms with Crippen LogP contribution in [0.25, 0.3) is 0 Å². The summed E-state index contributed by atoms with van der Waals surface area (Å²) in [5, 5.41) is 6.22. The smallest absolute Gasteiger partial charge is 0.211 e. The van der Waals surface area contributed by atoms with Gasteiger partial charge in [-0.25, -0.2) is 18.1 Å². The SMILES string of the molecule is CCNC(=NCc1ccc(OC)cc1)NCCNS(=O)(=O)CC.I. The van der Waals surface area contributed by atoms with Crippen molar-refractivity contribution in [1.82, 2.24) is 15.4 Å². The van der Waals surface area contributed by atoms with Crippen LogP contribution in [0.15, 0.2) is 29.3 Å². The van der Waals surface area contributed by atoms with E-state index in [1.54, 1.807) is 14.0 Å². The number of methoxy groups -OCH3 is 1. The normalized spacial score (nSPS) is 11.5. The summed E-state index contributed by atoms with van der Waals surface area (Å²) in [7, 11) is -1.52. The summed E-state index contributed by atoms with van der Waals surface area (Å²) in [6, 6.07) is 7.71. The zero-order chi connectivity index (χ0) is 17.1. The lowest BCUT2D eigenvalue weighted by Gasteiger charge is -2.12. The molecule has 0 amide bonds. The zero-order valence-electron chi connectivity index (χ0n) is 14.3. The molecule has 0 heterocycles. The van der Waals surface area contributed by atoms with Crippen LogP contribution in [0.2, 0.25) is 0 Å². The summed E-state index contributed by atoms with van der Waals surface area (Å²) >= 11 is 0. The van der Waals surface area contributed by atoms with Crippen LogP contribution in [0.3, 0.4) is 0 Å². The van der Waals surface area contributed by atoms with Crippen molar-refractivity contribution in [3.05, 3.63) is 29.8 Å². The molecule has 24 heavy (non-hydrogen) atoms. The Labute approximate surface area is 161 Å². The zero-order valence-corrected chi connectivity index (χ0v) is 17.5. The molecule has 1 rings (SSSR count). The van der Waals surface area contributed by atoms with Crippen molar-refractivity contribution in [2.45, 2.75) is 20.4 Å². The molecule has 0 spiro atoms. The molecule has 1 aromatic rings. The topological polar surface area (TPSA) is 91.8 Å². The lowest BCUT2D eigenvalue weighted by Crippen LogP contribution is -2.41. The number of benzene rings is 1. The summed E-state index contributed by atoms with van der Waals surface area (Å²) in [5.74, 6) is 1.54. The fourth-order valence-electron chi connectivity index (χ4n) is 1.73. The molecule has 0 atom stereocenters. The highest BCUT2D eigenvalue weighted by Crippen LogP contribution is 2.11. The van der Waals surface area contributed by atoms with Crippen LogP contribution >= 0.6 is 24.0 Å². The standard InChI is InChI=1S/C15H26N4O3S.HI/c1-4-16-15(17-10-11-19-23(20,21)5-2)18-12-13-6-8-14(22-3)9-7-13;/h6-9,19H,4-5,10-12H2,1-3H3,(H2,16,17,18);1H. The lowest BCUT2D eigenvalue weighted by atomic mass is 10.2. The molecule has 0 radical (unpaired) electrons. The van der Waals surface area contributed by atoms with Gasteiger partial charge in [0.05, 0.1) is 19.4 Å². The van der Waals surface area contributed by atoms with Gasteiger partial charge in [0.2, 0.25) is 10.0 Å². The summed E-state index contributed by atoms with van der Waals surface area (Å²) in [5.41, 5.74) is 1.06. The van der Waals surface area contributed by atoms with Gasteiger partial charge in [0, 0.05) is 19.6 Å².